The van der Waals surface area contributed by atoms with Gasteiger partial charge in [-0.05, 0) is 42.8 Å². The molecule has 0 saturated carbocycles. The maximum Gasteiger partial charge on any atom is 0.137 e. The van der Waals surface area contributed by atoms with Crippen molar-refractivity contribution in [1.82, 2.24) is 29.6 Å². The van der Waals surface area contributed by atoms with Gasteiger partial charge in [-0.25, -0.2) is 18.7 Å². The van der Waals surface area contributed by atoms with Gasteiger partial charge in [0.2, 0.25) is 0 Å². The minimum Gasteiger partial charge on any atom is -0.392 e. The van der Waals surface area contributed by atoms with E-state index in [1.165, 1.54) is 12.1 Å². The molecule has 1 aliphatic rings. The summed E-state index contributed by atoms with van der Waals surface area (Å²) in [6.07, 6.45) is 8.88. The number of rotatable bonds is 7. The standard InChI is InChI=1S/C29H29F2N7O/c1-19(39)16-36-4-6-37(7-5-36)28-3-2-21(12-32-28)22-10-26-27(15-34-29(26)33-13-22)23-14-35-38(18-23)17-20-8-24(30)11-25(31)9-20/h2-3,8-15,18-19,39H,4-7,16-17H2,1H3,(H,33,34)/t19-/m0/s1. The number of hydrogen-bond donors (Lipinski definition) is 2. The summed E-state index contributed by atoms with van der Waals surface area (Å²) in [5.41, 5.74) is 5.00. The summed E-state index contributed by atoms with van der Waals surface area (Å²) in [7, 11) is 0. The summed E-state index contributed by atoms with van der Waals surface area (Å²) in [5.74, 6) is -0.270. The zero-order valence-corrected chi connectivity index (χ0v) is 21.6. The van der Waals surface area contributed by atoms with Crippen molar-refractivity contribution in [3.63, 3.8) is 0 Å². The minimum atomic E-state index is -0.606. The molecule has 2 N–H and O–H groups in total. The molecule has 1 atom stereocenters. The van der Waals surface area contributed by atoms with E-state index in [0.29, 0.717) is 12.1 Å². The largest absolute Gasteiger partial charge is 0.392 e. The molecular weight excluding hydrogens is 500 g/mol. The Labute approximate surface area is 224 Å². The molecule has 5 heterocycles. The number of H-pyrrole nitrogens is 1. The van der Waals surface area contributed by atoms with Gasteiger partial charge in [-0.3, -0.25) is 9.58 Å². The lowest BCUT2D eigenvalue weighted by Gasteiger charge is -2.35. The highest BCUT2D eigenvalue weighted by molar-refractivity contribution is 5.95. The molecule has 200 valence electrons. The molecule has 0 aliphatic carbocycles. The lowest BCUT2D eigenvalue weighted by atomic mass is 10.1. The zero-order chi connectivity index (χ0) is 26.9. The summed E-state index contributed by atoms with van der Waals surface area (Å²) in [4.78, 5) is 17.1. The summed E-state index contributed by atoms with van der Waals surface area (Å²) in [6.45, 7) is 6.34. The van der Waals surface area contributed by atoms with Crippen LogP contribution in [0.5, 0.6) is 0 Å². The molecule has 8 nitrogen and oxygen atoms in total. The van der Waals surface area contributed by atoms with Gasteiger partial charge in [-0.1, -0.05) is 0 Å². The third-order valence-corrected chi connectivity index (χ3v) is 7.04. The SMILES string of the molecule is C[C@H](O)CN1CCN(c2ccc(-c3cnc4[nH]cc(-c5cnn(Cc6cc(F)cc(F)c6)c5)c4c3)cn2)CC1. The first kappa shape index (κ1) is 25.1. The Hall–Kier alpha value is -4.15. The minimum absolute atomic E-state index is 0.258. The first-order valence-corrected chi connectivity index (χ1v) is 13.0. The van der Waals surface area contributed by atoms with Crippen molar-refractivity contribution >= 4 is 16.9 Å². The van der Waals surface area contributed by atoms with Crippen LogP contribution in [0, 0.1) is 11.6 Å². The second-order valence-corrected chi connectivity index (χ2v) is 10.1. The maximum atomic E-state index is 13.6. The highest BCUT2D eigenvalue weighted by Crippen LogP contribution is 2.31. The molecular formula is C29H29F2N7O. The van der Waals surface area contributed by atoms with Gasteiger partial charge in [0, 0.05) is 91.2 Å². The summed E-state index contributed by atoms with van der Waals surface area (Å²) in [5, 5.41) is 15.0. The number of nitrogens with zero attached hydrogens (tertiary/aromatic N) is 6. The monoisotopic (exact) mass is 529 g/mol. The molecule has 0 bridgehead atoms. The zero-order valence-electron chi connectivity index (χ0n) is 21.6. The number of fused-ring (bicyclic) bond motifs is 1. The Balaban J connectivity index is 1.19. The number of hydrogen-bond acceptors (Lipinski definition) is 6. The first-order chi connectivity index (χ1) is 18.9. The number of aromatic nitrogens is 5. The quantitative estimate of drug-likeness (QED) is 0.327. The molecule has 4 aromatic heterocycles. The van der Waals surface area contributed by atoms with Crippen LogP contribution < -0.4 is 4.90 Å². The molecule has 1 aromatic carbocycles. The van der Waals surface area contributed by atoms with Gasteiger partial charge < -0.3 is 15.0 Å². The van der Waals surface area contributed by atoms with Gasteiger partial charge in [0.15, 0.2) is 0 Å². The van der Waals surface area contributed by atoms with Gasteiger partial charge in [0.1, 0.15) is 23.1 Å². The van der Waals surface area contributed by atoms with Crippen LogP contribution in [0.2, 0.25) is 0 Å². The van der Waals surface area contributed by atoms with E-state index in [-0.39, 0.29) is 12.6 Å². The molecule has 10 heteroatoms. The van der Waals surface area contributed by atoms with E-state index in [9.17, 15) is 13.9 Å². The van der Waals surface area contributed by atoms with E-state index in [2.05, 4.69) is 37.0 Å². The Morgan fingerprint density at radius 1 is 0.923 bits per heavy atom. The number of nitrogens with one attached hydrogen (secondary N) is 1. The van der Waals surface area contributed by atoms with Crippen molar-refractivity contribution < 1.29 is 13.9 Å². The number of β-amino-alcohol motifs (C(OH)–C–C–N with tert-alkyl or cyclic N) is 1. The number of aromatic amines is 1. The van der Waals surface area contributed by atoms with Crippen LogP contribution in [0.15, 0.2) is 67.4 Å². The molecule has 1 aliphatic heterocycles. The normalized spacial score (nSPS) is 15.2. The fourth-order valence-electron chi connectivity index (χ4n) is 5.16. The molecule has 39 heavy (non-hydrogen) atoms. The lowest BCUT2D eigenvalue weighted by molar-refractivity contribution is 0.122. The predicted molar refractivity (Wildman–Crippen MR) is 146 cm³/mol. The van der Waals surface area contributed by atoms with E-state index in [4.69, 9.17) is 4.98 Å². The van der Waals surface area contributed by atoms with Crippen molar-refractivity contribution in [1.29, 1.82) is 0 Å². The van der Waals surface area contributed by atoms with Crippen molar-refractivity contribution in [2.24, 2.45) is 0 Å². The molecule has 0 unspecified atom stereocenters. The second kappa shape index (κ2) is 10.5. The van der Waals surface area contributed by atoms with Crippen LogP contribution in [0.25, 0.3) is 33.3 Å². The Bertz CT molecular complexity index is 1570. The molecule has 0 amide bonds. The molecule has 0 spiro atoms. The molecule has 1 saturated heterocycles. The number of benzene rings is 1. The number of anilines is 1. The fraction of sp³-hybridized carbons (Fsp3) is 0.276. The van der Waals surface area contributed by atoms with Crippen LogP contribution in [0.3, 0.4) is 0 Å². The number of aliphatic hydroxyl groups excluding tert-OH is 1. The maximum absolute atomic E-state index is 13.6. The van der Waals surface area contributed by atoms with Crippen LogP contribution in [0.4, 0.5) is 14.6 Å². The van der Waals surface area contributed by atoms with Crippen LogP contribution in [-0.2, 0) is 6.54 Å². The summed E-state index contributed by atoms with van der Waals surface area (Å²) in [6, 6.07) is 9.67. The fourth-order valence-corrected chi connectivity index (χ4v) is 5.16. The van der Waals surface area contributed by atoms with Crippen molar-refractivity contribution in [3.05, 3.63) is 84.6 Å². The van der Waals surface area contributed by atoms with E-state index >= 15 is 0 Å². The van der Waals surface area contributed by atoms with Crippen molar-refractivity contribution in [2.75, 3.05) is 37.6 Å². The van der Waals surface area contributed by atoms with Gasteiger partial charge in [-0.15, -0.1) is 0 Å². The second-order valence-electron chi connectivity index (χ2n) is 10.1. The van der Waals surface area contributed by atoms with Crippen LogP contribution >= 0.6 is 0 Å². The van der Waals surface area contributed by atoms with Gasteiger partial charge >= 0.3 is 0 Å². The first-order valence-electron chi connectivity index (χ1n) is 13.0. The highest BCUT2D eigenvalue weighted by Gasteiger charge is 2.19. The molecule has 6 rings (SSSR count). The average molecular weight is 530 g/mol. The average Bonchev–Trinajstić information content (AvgIpc) is 3.55. The molecule has 5 aromatic rings. The number of halogens is 2. The van der Waals surface area contributed by atoms with Crippen molar-refractivity contribution in [2.45, 2.75) is 19.6 Å². The molecule has 0 radical (unpaired) electrons. The Kier molecular flexibility index (Phi) is 6.80. The summed E-state index contributed by atoms with van der Waals surface area (Å²) < 4.78 is 28.8. The summed E-state index contributed by atoms with van der Waals surface area (Å²) >= 11 is 0. The van der Waals surface area contributed by atoms with Crippen LogP contribution in [0.1, 0.15) is 12.5 Å². The number of pyridine rings is 2. The van der Waals surface area contributed by atoms with E-state index in [1.807, 2.05) is 37.8 Å². The van der Waals surface area contributed by atoms with E-state index in [1.54, 1.807) is 10.9 Å². The van der Waals surface area contributed by atoms with Gasteiger partial charge in [0.05, 0.1) is 18.8 Å². The Morgan fingerprint density at radius 2 is 1.69 bits per heavy atom. The smallest absolute Gasteiger partial charge is 0.137 e. The van der Waals surface area contributed by atoms with E-state index in [0.717, 1.165) is 71.4 Å². The predicted octanol–water partition coefficient (Wildman–Crippen LogP) is 4.32. The van der Waals surface area contributed by atoms with Gasteiger partial charge in [-0.2, -0.15) is 5.10 Å². The highest BCUT2D eigenvalue weighted by atomic mass is 19.1. The van der Waals surface area contributed by atoms with Gasteiger partial charge in [0.25, 0.3) is 0 Å². The van der Waals surface area contributed by atoms with Crippen LogP contribution in [-0.4, -0.2) is 73.6 Å². The Morgan fingerprint density at radius 3 is 2.41 bits per heavy atom. The third kappa shape index (κ3) is 5.52. The third-order valence-electron chi connectivity index (χ3n) is 7.04. The van der Waals surface area contributed by atoms with Crippen molar-refractivity contribution in [3.8, 4) is 22.3 Å². The van der Waals surface area contributed by atoms with E-state index < -0.39 is 11.6 Å². The topological polar surface area (TPSA) is 86.1 Å². The number of aliphatic hydroxyl groups is 1. The lowest BCUT2D eigenvalue weighted by Crippen LogP contribution is -2.48. The number of piperazine rings is 1. The molecule has 1 fully saturated rings.